The first-order chi connectivity index (χ1) is 6.62. The lowest BCUT2D eigenvalue weighted by Gasteiger charge is -2.28. The van der Waals surface area contributed by atoms with Crippen molar-refractivity contribution in [2.24, 2.45) is 0 Å². The Labute approximate surface area is 86.8 Å². The molecule has 0 radical (unpaired) electrons. The summed E-state index contributed by atoms with van der Waals surface area (Å²) in [5, 5.41) is 9.23. The number of rotatable bonds is 4. The lowest BCUT2D eigenvalue weighted by molar-refractivity contribution is 0.412. The van der Waals surface area contributed by atoms with Gasteiger partial charge in [0.2, 0.25) is 0 Å². The molecule has 0 saturated carbocycles. The normalized spacial score (nSPS) is 15.1. The molecule has 1 N–H and O–H groups in total. The van der Waals surface area contributed by atoms with Crippen molar-refractivity contribution in [1.29, 1.82) is 0 Å². The van der Waals surface area contributed by atoms with E-state index >= 15 is 0 Å². The van der Waals surface area contributed by atoms with Gasteiger partial charge in [-0.1, -0.05) is 39.3 Å². The van der Waals surface area contributed by atoms with Gasteiger partial charge in [0.05, 0.1) is 0 Å². The first-order valence-corrected chi connectivity index (χ1v) is 5.42. The van der Waals surface area contributed by atoms with Crippen LogP contribution >= 0.6 is 0 Å². The van der Waals surface area contributed by atoms with Crippen LogP contribution in [0.2, 0.25) is 0 Å². The number of hydrogen-bond donors (Lipinski definition) is 1. The summed E-state index contributed by atoms with van der Waals surface area (Å²) in [4.78, 5) is 0. The largest absolute Gasteiger partial charge is 0.508 e. The molecule has 1 aromatic rings. The summed E-state index contributed by atoms with van der Waals surface area (Å²) in [5.74, 6) is 0.351. The second kappa shape index (κ2) is 4.50. The van der Waals surface area contributed by atoms with E-state index < -0.39 is 0 Å². The molecule has 0 saturated heterocycles. The van der Waals surface area contributed by atoms with Gasteiger partial charge in [0.1, 0.15) is 5.75 Å². The average molecular weight is 192 g/mol. The molecule has 0 amide bonds. The molecular weight excluding hydrogens is 172 g/mol. The van der Waals surface area contributed by atoms with E-state index in [0.717, 1.165) is 6.42 Å². The molecule has 0 aliphatic carbocycles. The molecular formula is C13H20O. The van der Waals surface area contributed by atoms with E-state index in [1.165, 1.54) is 18.4 Å². The second-order valence-corrected chi connectivity index (χ2v) is 4.21. The van der Waals surface area contributed by atoms with Gasteiger partial charge in [0.15, 0.2) is 0 Å². The summed E-state index contributed by atoms with van der Waals surface area (Å²) in [5.41, 5.74) is 1.60. The first kappa shape index (κ1) is 11.1. The Balaban J connectivity index is 2.94. The van der Waals surface area contributed by atoms with Crippen LogP contribution in [0.5, 0.6) is 5.75 Å². The van der Waals surface area contributed by atoms with Crippen LogP contribution in [0.15, 0.2) is 24.3 Å². The molecule has 1 unspecified atom stereocenters. The van der Waals surface area contributed by atoms with E-state index in [1.807, 2.05) is 12.1 Å². The van der Waals surface area contributed by atoms with E-state index in [1.54, 1.807) is 12.1 Å². The monoisotopic (exact) mass is 192 g/mol. The number of hydrogen-bond acceptors (Lipinski definition) is 1. The zero-order valence-corrected chi connectivity index (χ0v) is 9.38. The van der Waals surface area contributed by atoms with Gasteiger partial charge in [-0.25, -0.2) is 0 Å². The maximum atomic E-state index is 9.23. The summed E-state index contributed by atoms with van der Waals surface area (Å²) in [6, 6.07) is 7.63. The third-order valence-corrected chi connectivity index (χ3v) is 3.15. The van der Waals surface area contributed by atoms with Crippen LogP contribution in [0.25, 0.3) is 0 Å². The highest BCUT2D eigenvalue weighted by molar-refractivity contribution is 5.31. The molecule has 0 aliphatic rings. The van der Waals surface area contributed by atoms with Crippen LogP contribution in [0, 0.1) is 0 Å². The maximum Gasteiger partial charge on any atom is 0.115 e. The van der Waals surface area contributed by atoms with E-state index in [9.17, 15) is 5.11 Å². The van der Waals surface area contributed by atoms with Crippen molar-refractivity contribution in [1.82, 2.24) is 0 Å². The van der Waals surface area contributed by atoms with Crippen molar-refractivity contribution in [2.75, 3.05) is 0 Å². The van der Waals surface area contributed by atoms with Gasteiger partial charge < -0.3 is 5.11 Å². The third kappa shape index (κ3) is 2.28. The Morgan fingerprint density at radius 2 is 1.71 bits per heavy atom. The Morgan fingerprint density at radius 3 is 2.14 bits per heavy atom. The molecule has 78 valence electrons. The highest BCUT2D eigenvalue weighted by Crippen LogP contribution is 2.32. The summed E-state index contributed by atoms with van der Waals surface area (Å²) in [6.07, 6.45) is 3.55. The molecule has 0 heterocycles. The summed E-state index contributed by atoms with van der Waals surface area (Å²) in [7, 11) is 0. The van der Waals surface area contributed by atoms with Gasteiger partial charge in [-0.3, -0.25) is 0 Å². The van der Waals surface area contributed by atoms with Gasteiger partial charge in [-0.05, 0) is 36.0 Å². The number of phenolic OH excluding ortho intramolecular Hbond substituents is 1. The molecule has 1 rings (SSSR count). The Kier molecular flexibility index (Phi) is 3.56. The second-order valence-electron chi connectivity index (χ2n) is 4.21. The minimum absolute atomic E-state index is 0.266. The molecule has 1 nitrogen and oxygen atoms in total. The lowest BCUT2D eigenvalue weighted by Crippen LogP contribution is -2.20. The van der Waals surface area contributed by atoms with Crippen LogP contribution in [-0.4, -0.2) is 5.11 Å². The fourth-order valence-electron chi connectivity index (χ4n) is 1.94. The topological polar surface area (TPSA) is 20.2 Å². The number of benzene rings is 1. The minimum Gasteiger partial charge on any atom is -0.508 e. The maximum absolute atomic E-state index is 9.23. The van der Waals surface area contributed by atoms with E-state index in [-0.39, 0.29) is 5.41 Å². The molecule has 0 aliphatic heterocycles. The first-order valence-electron chi connectivity index (χ1n) is 5.42. The van der Waals surface area contributed by atoms with Gasteiger partial charge in [0.25, 0.3) is 0 Å². The fourth-order valence-corrected chi connectivity index (χ4v) is 1.94. The summed E-state index contributed by atoms with van der Waals surface area (Å²) >= 11 is 0. The quantitative estimate of drug-likeness (QED) is 0.768. The van der Waals surface area contributed by atoms with Gasteiger partial charge >= 0.3 is 0 Å². The molecule has 1 atom stereocenters. The molecule has 14 heavy (non-hydrogen) atoms. The standard InChI is InChI=1S/C13H20O/c1-4-10-13(3,5-2)11-6-8-12(14)9-7-11/h6-9,14H,4-5,10H2,1-3H3. The fraction of sp³-hybridized carbons (Fsp3) is 0.538. The molecule has 0 aromatic heterocycles. The highest BCUT2D eigenvalue weighted by atomic mass is 16.3. The van der Waals surface area contributed by atoms with Crippen LogP contribution < -0.4 is 0 Å². The third-order valence-electron chi connectivity index (χ3n) is 3.15. The number of phenols is 1. The van der Waals surface area contributed by atoms with Crippen LogP contribution in [0.3, 0.4) is 0 Å². The van der Waals surface area contributed by atoms with Crippen molar-refractivity contribution in [3.63, 3.8) is 0 Å². The van der Waals surface area contributed by atoms with Gasteiger partial charge in [0, 0.05) is 0 Å². The van der Waals surface area contributed by atoms with Crippen LogP contribution in [0.1, 0.15) is 45.6 Å². The predicted molar refractivity (Wildman–Crippen MR) is 60.7 cm³/mol. The SMILES string of the molecule is CCCC(C)(CC)c1ccc(O)cc1. The van der Waals surface area contributed by atoms with Gasteiger partial charge in [-0.15, -0.1) is 0 Å². The van der Waals surface area contributed by atoms with E-state index in [0.29, 0.717) is 5.75 Å². The van der Waals surface area contributed by atoms with Crippen LogP contribution in [-0.2, 0) is 5.41 Å². The van der Waals surface area contributed by atoms with Gasteiger partial charge in [-0.2, -0.15) is 0 Å². The zero-order valence-electron chi connectivity index (χ0n) is 9.38. The molecule has 1 aromatic carbocycles. The zero-order chi connectivity index (χ0) is 10.6. The Morgan fingerprint density at radius 1 is 1.14 bits per heavy atom. The highest BCUT2D eigenvalue weighted by Gasteiger charge is 2.22. The van der Waals surface area contributed by atoms with E-state index in [4.69, 9.17) is 0 Å². The predicted octanol–water partition coefficient (Wildman–Crippen LogP) is 3.86. The lowest BCUT2D eigenvalue weighted by atomic mass is 9.76. The Bertz CT molecular complexity index is 276. The number of aromatic hydroxyl groups is 1. The molecule has 1 heteroatoms. The summed E-state index contributed by atoms with van der Waals surface area (Å²) in [6.45, 7) is 6.74. The molecule has 0 bridgehead atoms. The van der Waals surface area contributed by atoms with Crippen LogP contribution in [0.4, 0.5) is 0 Å². The molecule has 0 spiro atoms. The van der Waals surface area contributed by atoms with Crippen molar-refractivity contribution in [3.05, 3.63) is 29.8 Å². The smallest absolute Gasteiger partial charge is 0.115 e. The van der Waals surface area contributed by atoms with Crippen molar-refractivity contribution < 1.29 is 5.11 Å². The molecule has 0 fully saturated rings. The van der Waals surface area contributed by atoms with Crippen molar-refractivity contribution in [3.8, 4) is 5.75 Å². The van der Waals surface area contributed by atoms with Crippen molar-refractivity contribution >= 4 is 0 Å². The minimum atomic E-state index is 0.266. The Hall–Kier alpha value is -0.980. The summed E-state index contributed by atoms with van der Waals surface area (Å²) < 4.78 is 0. The average Bonchev–Trinajstić information content (AvgIpc) is 2.19. The van der Waals surface area contributed by atoms with E-state index in [2.05, 4.69) is 20.8 Å². The van der Waals surface area contributed by atoms with Crippen molar-refractivity contribution in [2.45, 2.75) is 45.4 Å².